The van der Waals surface area contributed by atoms with Crippen LogP contribution in [0.3, 0.4) is 0 Å². The lowest BCUT2D eigenvalue weighted by molar-refractivity contribution is -0.131. The fraction of sp³-hybridized carbons (Fsp3) is 0.481. The minimum atomic E-state index is 0. The predicted octanol–water partition coefficient (Wildman–Crippen LogP) is 4.07. The van der Waals surface area contributed by atoms with Crippen LogP contribution < -0.4 is 10.6 Å². The van der Waals surface area contributed by atoms with Crippen molar-refractivity contribution in [3.05, 3.63) is 70.8 Å². The van der Waals surface area contributed by atoms with Crippen LogP contribution in [0.15, 0.2) is 53.5 Å². The van der Waals surface area contributed by atoms with Crippen molar-refractivity contribution < 1.29 is 4.79 Å². The third-order valence-electron chi connectivity index (χ3n) is 6.69. The van der Waals surface area contributed by atoms with E-state index in [0.29, 0.717) is 12.5 Å². The Labute approximate surface area is 221 Å². The monoisotopic (exact) mass is 575 g/mol. The van der Waals surface area contributed by atoms with E-state index < -0.39 is 0 Å². The summed E-state index contributed by atoms with van der Waals surface area (Å²) in [5.74, 6) is 1.07. The first-order chi connectivity index (χ1) is 16.1. The van der Waals surface area contributed by atoms with Crippen LogP contribution in [0.4, 0.5) is 0 Å². The first-order valence-corrected chi connectivity index (χ1v) is 12.2. The largest absolute Gasteiger partial charge is 0.356 e. The quantitative estimate of drug-likeness (QED) is 0.226. The van der Waals surface area contributed by atoms with Crippen LogP contribution in [-0.4, -0.2) is 54.4 Å². The highest BCUT2D eigenvalue weighted by atomic mass is 127. The molecule has 2 heterocycles. The Kier molecular flexibility index (Phi) is 10.2. The minimum Gasteiger partial charge on any atom is -0.356 e. The summed E-state index contributed by atoms with van der Waals surface area (Å²) in [7, 11) is 1.81. The smallest absolute Gasteiger partial charge is 0.223 e. The predicted molar refractivity (Wildman–Crippen MR) is 149 cm³/mol. The molecule has 34 heavy (non-hydrogen) atoms. The van der Waals surface area contributed by atoms with Crippen LogP contribution in [0.1, 0.15) is 47.9 Å². The lowest BCUT2D eigenvalue weighted by atomic mass is 10.0. The van der Waals surface area contributed by atoms with E-state index in [1.165, 1.54) is 22.3 Å². The summed E-state index contributed by atoms with van der Waals surface area (Å²) in [5.41, 5.74) is 5.27. The molecule has 0 spiro atoms. The Morgan fingerprint density at radius 1 is 1.06 bits per heavy atom. The summed E-state index contributed by atoms with van der Waals surface area (Å²) in [6.45, 7) is 7.60. The van der Waals surface area contributed by atoms with Gasteiger partial charge in [-0.2, -0.15) is 0 Å². The average Bonchev–Trinajstić information content (AvgIpc) is 3.26. The standard InChI is InChI=1S/C27H37N5O.HI/c1-21-7-5-8-22(17-21)18-31-15-12-25(13-16-31)30-27(28-2)29-14-6-11-26(33)32-19-23-9-3-4-10-24(23)20-32;/h3-5,7-10,17,25H,6,11-16,18-20H2,1-2H3,(H2,28,29,30);1H. The summed E-state index contributed by atoms with van der Waals surface area (Å²) >= 11 is 0. The molecule has 0 bridgehead atoms. The van der Waals surface area contributed by atoms with E-state index in [0.717, 1.165) is 64.5 Å². The van der Waals surface area contributed by atoms with Gasteiger partial charge in [0.05, 0.1) is 0 Å². The molecule has 2 aromatic carbocycles. The molecule has 2 aliphatic heterocycles. The number of fused-ring (bicyclic) bond motifs is 1. The number of hydrogen-bond acceptors (Lipinski definition) is 3. The third-order valence-corrected chi connectivity index (χ3v) is 6.69. The number of carbonyl (C=O) groups is 1. The van der Waals surface area contributed by atoms with Gasteiger partial charge in [-0.05, 0) is 42.9 Å². The van der Waals surface area contributed by atoms with Crippen molar-refractivity contribution in [2.45, 2.75) is 58.3 Å². The second kappa shape index (κ2) is 13.1. The van der Waals surface area contributed by atoms with Gasteiger partial charge in [-0.1, -0.05) is 54.1 Å². The highest BCUT2D eigenvalue weighted by Gasteiger charge is 2.23. The second-order valence-corrected chi connectivity index (χ2v) is 9.30. The summed E-state index contributed by atoms with van der Waals surface area (Å²) in [5, 5.41) is 6.96. The number of rotatable bonds is 7. The van der Waals surface area contributed by atoms with Crippen molar-refractivity contribution in [1.29, 1.82) is 0 Å². The summed E-state index contributed by atoms with van der Waals surface area (Å²) < 4.78 is 0. The molecule has 2 N–H and O–H groups in total. The van der Waals surface area contributed by atoms with Crippen LogP contribution in [-0.2, 0) is 24.4 Å². The van der Waals surface area contributed by atoms with Gasteiger partial charge >= 0.3 is 0 Å². The molecule has 0 radical (unpaired) electrons. The van der Waals surface area contributed by atoms with Crippen molar-refractivity contribution in [1.82, 2.24) is 20.4 Å². The van der Waals surface area contributed by atoms with Crippen LogP contribution in [0, 0.1) is 6.92 Å². The van der Waals surface area contributed by atoms with Crippen LogP contribution >= 0.6 is 24.0 Å². The molecular weight excluding hydrogens is 537 g/mol. The summed E-state index contributed by atoms with van der Waals surface area (Å²) in [4.78, 5) is 21.5. The number of aliphatic imine (C=N–C) groups is 1. The molecule has 4 rings (SSSR count). The average molecular weight is 576 g/mol. The molecule has 6 nitrogen and oxygen atoms in total. The highest BCUT2D eigenvalue weighted by Crippen LogP contribution is 2.23. The summed E-state index contributed by atoms with van der Waals surface area (Å²) in [6.07, 6.45) is 3.59. The SMILES string of the molecule is CN=C(NCCCC(=O)N1Cc2ccccc2C1)NC1CCN(Cc2cccc(C)c2)CC1.I. The molecule has 0 aliphatic carbocycles. The van der Waals surface area contributed by atoms with Crippen molar-refractivity contribution in [3.8, 4) is 0 Å². The zero-order valence-electron chi connectivity index (χ0n) is 20.4. The maximum Gasteiger partial charge on any atom is 0.223 e. The summed E-state index contributed by atoms with van der Waals surface area (Å²) in [6, 6.07) is 17.6. The first-order valence-electron chi connectivity index (χ1n) is 12.2. The molecule has 2 aromatic rings. The van der Waals surface area contributed by atoms with Crippen molar-refractivity contribution in [2.75, 3.05) is 26.7 Å². The number of benzene rings is 2. The molecule has 0 aromatic heterocycles. The number of guanidine groups is 1. The van der Waals surface area contributed by atoms with Gasteiger partial charge in [0, 0.05) is 58.8 Å². The zero-order valence-corrected chi connectivity index (χ0v) is 22.8. The zero-order chi connectivity index (χ0) is 23.0. The normalized spacial score (nSPS) is 16.6. The van der Waals surface area contributed by atoms with Crippen molar-refractivity contribution >= 4 is 35.8 Å². The molecule has 0 atom stereocenters. The van der Waals surface area contributed by atoms with Crippen LogP contribution in [0.2, 0.25) is 0 Å². The van der Waals surface area contributed by atoms with Gasteiger partial charge in [0.25, 0.3) is 0 Å². The minimum absolute atomic E-state index is 0. The number of amides is 1. The first kappa shape index (κ1) is 26.5. The van der Waals surface area contributed by atoms with Gasteiger partial charge in [0.15, 0.2) is 5.96 Å². The third kappa shape index (κ3) is 7.43. The Hall–Kier alpha value is -2.13. The van der Waals surface area contributed by atoms with Crippen LogP contribution in [0.25, 0.3) is 0 Å². The van der Waals surface area contributed by atoms with Gasteiger partial charge in [0.1, 0.15) is 0 Å². The maximum atomic E-state index is 12.6. The topological polar surface area (TPSA) is 60.0 Å². The van der Waals surface area contributed by atoms with Gasteiger partial charge in [-0.25, -0.2) is 0 Å². The number of nitrogens with zero attached hydrogens (tertiary/aromatic N) is 3. The molecular formula is C27H38IN5O. The van der Waals surface area contributed by atoms with E-state index in [1.54, 1.807) is 0 Å². The number of halogens is 1. The molecule has 1 fully saturated rings. The Morgan fingerprint density at radius 3 is 2.41 bits per heavy atom. The number of likely N-dealkylation sites (tertiary alicyclic amines) is 1. The fourth-order valence-corrected chi connectivity index (χ4v) is 4.81. The van der Waals surface area contributed by atoms with Crippen molar-refractivity contribution in [3.63, 3.8) is 0 Å². The highest BCUT2D eigenvalue weighted by molar-refractivity contribution is 14.0. The van der Waals surface area contributed by atoms with E-state index >= 15 is 0 Å². The van der Waals surface area contributed by atoms with Crippen molar-refractivity contribution in [2.24, 2.45) is 4.99 Å². The molecule has 2 aliphatic rings. The van der Waals surface area contributed by atoms with E-state index in [4.69, 9.17) is 0 Å². The van der Waals surface area contributed by atoms with E-state index in [1.807, 2.05) is 24.1 Å². The molecule has 0 saturated carbocycles. The number of carbonyl (C=O) groups excluding carboxylic acids is 1. The lowest BCUT2D eigenvalue weighted by Gasteiger charge is -2.33. The molecule has 184 valence electrons. The Morgan fingerprint density at radius 2 is 1.76 bits per heavy atom. The fourth-order valence-electron chi connectivity index (χ4n) is 4.81. The number of nitrogens with one attached hydrogen (secondary N) is 2. The van der Waals surface area contributed by atoms with E-state index in [-0.39, 0.29) is 29.9 Å². The van der Waals surface area contributed by atoms with E-state index in [2.05, 4.69) is 63.8 Å². The number of hydrogen-bond donors (Lipinski definition) is 2. The number of aryl methyl sites for hydroxylation is 1. The van der Waals surface area contributed by atoms with Gasteiger partial charge in [0.2, 0.25) is 5.91 Å². The van der Waals surface area contributed by atoms with Crippen LogP contribution in [0.5, 0.6) is 0 Å². The Bertz CT molecular complexity index is 946. The second-order valence-electron chi connectivity index (χ2n) is 9.30. The Balaban J connectivity index is 0.00000324. The number of piperidine rings is 1. The maximum absolute atomic E-state index is 12.6. The van der Waals surface area contributed by atoms with Gasteiger partial charge in [-0.15, -0.1) is 24.0 Å². The molecule has 0 unspecified atom stereocenters. The molecule has 1 saturated heterocycles. The lowest BCUT2D eigenvalue weighted by Crippen LogP contribution is -2.48. The van der Waals surface area contributed by atoms with Gasteiger partial charge < -0.3 is 15.5 Å². The van der Waals surface area contributed by atoms with E-state index in [9.17, 15) is 4.79 Å². The van der Waals surface area contributed by atoms with Gasteiger partial charge in [-0.3, -0.25) is 14.7 Å². The molecule has 1 amide bonds. The molecule has 7 heteroatoms.